The largest absolute Gasteiger partial charge is 1.00 e. The minimum Gasteiger partial charge on any atom is -1.00 e. The van der Waals surface area contributed by atoms with Gasteiger partial charge in [-0.15, -0.1) is 0 Å². The zero-order valence-electron chi connectivity index (χ0n) is 21.3. The summed E-state index contributed by atoms with van der Waals surface area (Å²) in [5.41, 5.74) is 2.23. The number of anilines is 1. The molecular formula is C24H26N5NaO5S. The van der Waals surface area contributed by atoms with E-state index in [1.54, 1.807) is 53.5 Å². The van der Waals surface area contributed by atoms with E-state index in [9.17, 15) is 13.2 Å². The molecule has 0 spiro atoms. The van der Waals surface area contributed by atoms with E-state index < -0.39 is 10.2 Å². The summed E-state index contributed by atoms with van der Waals surface area (Å²) in [5, 5.41) is 5.69. The van der Waals surface area contributed by atoms with Gasteiger partial charge < -0.3 is 10.9 Å². The summed E-state index contributed by atoms with van der Waals surface area (Å²) in [5.74, 6) is 0. The molecule has 5 rings (SSSR count). The molecule has 1 aliphatic heterocycles. The molecule has 12 heteroatoms. The van der Waals surface area contributed by atoms with Gasteiger partial charge in [0.2, 0.25) is 0 Å². The molecule has 0 bridgehead atoms. The Hall–Kier alpha value is -2.38. The molecule has 0 amide bonds. The van der Waals surface area contributed by atoms with Gasteiger partial charge in [-0.2, -0.15) is 17.8 Å². The molecule has 1 saturated heterocycles. The van der Waals surface area contributed by atoms with Crippen LogP contribution in [0, 0.1) is 0 Å². The molecule has 0 saturated carbocycles. The number of aromatic nitrogens is 3. The number of benzene rings is 1. The van der Waals surface area contributed by atoms with Gasteiger partial charge in [-0.25, -0.2) is 0 Å². The van der Waals surface area contributed by atoms with E-state index in [1.165, 1.54) is 11.4 Å². The van der Waals surface area contributed by atoms with Gasteiger partial charge in [0.05, 0.1) is 43.3 Å². The van der Waals surface area contributed by atoms with Gasteiger partial charge in [0.25, 0.3) is 0 Å². The van der Waals surface area contributed by atoms with Crippen molar-refractivity contribution in [2.24, 2.45) is 7.05 Å². The Morgan fingerprint density at radius 2 is 1.94 bits per heavy atom. The predicted molar refractivity (Wildman–Crippen MR) is 135 cm³/mol. The Morgan fingerprint density at radius 1 is 1.14 bits per heavy atom. The molecule has 10 nitrogen and oxygen atoms in total. The molecule has 0 aliphatic carbocycles. The molecule has 36 heavy (non-hydrogen) atoms. The van der Waals surface area contributed by atoms with Crippen LogP contribution < -0.4 is 39.7 Å². The number of pyridine rings is 1. The van der Waals surface area contributed by atoms with Crippen LogP contribution >= 0.6 is 0 Å². The van der Waals surface area contributed by atoms with Gasteiger partial charge in [-0.1, -0.05) is 12.1 Å². The van der Waals surface area contributed by atoms with Crippen LogP contribution in [0.2, 0.25) is 0 Å². The van der Waals surface area contributed by atoms with Crippen LogP contribution in [0.1, 0.15) is 1.43 Å². The minimum atomic E-state index is -3.87. The third-order valence-electron chi connectivity index (χ3n) is 5.92. The number of hydrogen-bond donors (Lipinski definition) is 1. The van der Waals surface area contributed by atoms with E-state index in [0.717, 1.165) is 11.1 Å². The zero-order chi connectivity index (χ0) is 24.6. The third kappa shape index (κ3) is 5.62. The summed E-state index contributed by atoms with van der Waals surface area (Å²) in [7, 11) is -0.578. The molecule has 1 N–H and O–H groups in total. The fraction of sp³-hybridized carbons (Fsp3) is 0.292. The molecule has 3 heterocycles. The van der Waals surface area contributed by atoms with E-state index in [4.69, 9.17) is 9.47 Å². The molecule has 184 valence electrons. The van der Waals surface area contributed by atoms with Crippen LogP contribution in [-0.4, -0.2) is 67.0 Å². The molecule has 1 atom stereocenters. The standard InChI is InChI=1S/C24H25N5O5S.Na.H/c1-28-13-18(12-26-28)17-9-22-23(25-11-17)6-4-16-3-5-19(10-21(16)24(22)30)27-35(31,32)29(2)14-20-15-33-7-8-34-20;;/h3-6,9-13,20,27H,7-8,14-15H2,1-2H3;;/q;+1;-1/t20-;;/m1../s1. The van der Waals surface area contributed by atoms with Crippen LogP contribution in [0.5, 0.6) is 0 Å². The zero-order valence-corrected chi connectivity index (χ0v) is 23.2. The molecule has 2 aromatic heterocycles. The SMILES string of the molecule is CN(C[C@@H]1COCCO1)S(=O)(=O)Nc1ccc2ccc3ncc(-c4cnn(C)c4)cc3c(=O)c2c1.[H-].[Na+]. The van der Waals surface area contributed by atoms with Crippen molar-refractivity contribution in [3.63, 3.8) is 0 Å². The number of likely N-dealkylation sites (N-methyl/N-ethyl adjacent to an activating group) is 1. The Bertz CT molecular complexity index is 1580. The minimum absolute atomic E-state index is 0. The first-order chi connectivity index (χ1) is 16.8. The van der Waals surface area contributed by atoms with Crippen LogP contribution in [0.4, 0.5) is 5.69 Å². The maximum absolute atomic E-state index is 13.5. The topological polar surface area (TPSA) is 116 Å². The van der Waals surface area contributed by atoms with Gasteiger partial charge in [0.1, 0.15) is 0 Å². The average Bonchev–Trinajstić information content (AvgIpc) is 3.23. The summed E-state index contributed by atoms with van der Waals surface area (Å²) < 4.78 is 42.1. The van der Waals surface area contributed by atoms with E-state index in [2.05, 4.69) is 14.8 Å². The van der Waals surface area contributed by atoms with Crippen molar-refractivity contribution in [1.82, 2.24) is 19.1 Å². The summed E-state index contributed by atoms with van der Waals surface area (Å²) in [6.45, 7) is 1.43. The summed E-state index contributed by atoms with van der Waals surface area (Å²) in [6, 6.07) is 10.3. The van der Waals surface area contributed by atoms with Crippen molar-refractivity contribution >= 4 is 37.6 Å². The maximum Gasteiger partial charge on any atom is 1.00 e. The second-order valence-electron chi connectivity index (χ2n) is 8.48. The maximum atomic E-state index is 13.5. The molecular weight excluding hydrogens is 493 g/mol. The van der Waals surface area contributed by atoms with E-state index in [-0.39, 0.29) is 54.7 Å². The van der Waals surface area contributed by atoms with Crippen LogP contribution in [0.15, 0.2) is 59.8 Å². The fourth-order valence-corrected chi connectivity index (χ4v) is 4.99. The van der Waals surface area contributed by atoms with Gasteiger partial charge in [0.15, 0.2) is 5.43 Å². The fourth-order valence-electron chi connectivity index (χ4n) is 4.05. The number of rotatable bonds is 6. The van der Waals surface area contributed by atoms with Crippen LogP contribution in [-0.2, 0) is 26.7 Å². The van der Waals surface area contributed by atoms with Crippen molar-refractivity contribution in [1.29, 1.82) is 0 Å². The molecule has 0 unspecified atom stereocenters. The van der Waals surface area contributed by atoms with E-state index in [1.807, 2.05) is 13.2 Å². The van der Waals surface area contributed by atoms with Crippen molar-refractivity contribution in [3.8, 4) is 11.1 Å². The summed E-state index contributed by atoms with van der Waals surface area (Å²) >= 11 is 0. The number of fused-ring (bicyclic) bond motifs is 2. The molecule has 0 radical (unpaired) electrons. The number of ether oxygens (including phenoxy) is 2. The smallest absolute Gasteiger partial charge is 1.00 e. The first-order valence-corrected chi connectivity index (χ1v) is 12.5. The van der Waals surface area contributed by atoms with Crippen LogP contribution in [0.25, 0.3) is 32.8 Å². The van der Waals surface area contributed by atoms with Gasteiger partial charge in [-0.3, -0.25) is 19.2 Å². The Kier molecular flexibility index (Phi) is 8.10. The van der Waals surface area contributed by atoms with E-state index in [0.29, 0.717) is 41.5 Å². The molecule has 2 aromatic carbocycles. The first-order valence-electron chi connectivity index (χ1n) is 11.1. The van der Waals surface area contributed by atoms with Crippen LogP contribution in [0.3, 0.4) is 0 Å². The number of hydrogen-bond acceptors (Lipinski definition) is 7. The second-order valence-corrected chi connectivity index (χ2v) is 10.3. The predicted octanol–water partition coefficient (Wildman–Crippen LogP) is -0.731. The van der Waals surface area contributed by atoms with Crippen molar-refractivity contribution in [2.75, 3.05) is 38.1 Å². The van der Waals surface area contributed by atoms with Gasteiger partial charge >= 0.3 is 39.8 Å². The number of nitrogens with zero attached hydrogens (tertiary/aromatic N) is 4. The van der Waals surface area contributed by atoms with Crippen molar-refractivity contribution < 1.29 is 48.9 Å². The second kappa shape index (κ2) is 10.9. The quantitative estimate of drug-likeness (QED) is 0.334. The van der Waals surface area contributed by atoms with Gasteiger partial charge in [0, 0.05) is 54.9 Å². The summed E-state index contributed by atoms with van der Waals surface area (Å²) in [6.07, 6.45) is 4.94. The third-order valence-corrected chi connectivity index (χ3v) is 7.39. The Balaban J connectivity index is 0.00000190. The number of nitrogens with one attached hydrogen (secondary N) is 1. The van der Waals surface area contributed by atoms with Crippen molar-refractivity contribution in [3.05, 3.63) is 65.2 Å². The first kappa shape index (κ1) is 26.7. The molecule has 1 aliphatic rings. The normalized spacial score (nSPS) is 16.2. The van der Waals surface area contributed by atoms with E-state index >= 15 is 0 Å². The summed E-state index contributed by atoms with van der Waals surface area (Å²) in [4.78, 5) is 18.0. The van der Waals surface area contributed by atoms with Gasteiger partial charge in [-0.05, 0) is 29.7 Å². The monoisotopic (exact) mass is 519 g/mol. The molecule has 4 aromatic rings. The Morgan fingerprint density at radius 3 is 2.67 bits per heavy atom. The molecule has 1 fully saturated rings. The number of aryl methyl sites for hydroxylation is 1. The van der Waals surface area contributed by atoms with Crippen molar-refractivity contribution in [2.45, 2.75) is 6.10 Å². The Labute approximate surface area is 232 Å². The average molecular weight is 520 g/mol.